The van der Waals surface area contributed by atoms with Crippen molar-refractivity contribution in [3.05, 3.63) is 77.9 Å². The van der Waals surface area contributed by atoms with Crippen LogP contribution in [0.15, 0.2) is 71.6 Å². The van der Waals surface area contributed by atoms with Crippen molar-refractivity contribution >= 4 is 27.3 Å². The molecule has 38 heavy (non-hydrogen) atoms. The Hall–Kier alpha value is -3.76. The molecule has 0 radical (unpaired) electrons. The summed E-state index contributed by atoms with van der Waals surface area (Å²) in [6, 6.07) is 19.2. The van der Waals surface area contributed by atoms with Crippen LogP contribution in [0.1, 0.15) is 11.1 Å². The fourth-order valence-corrected chi connectivity index (χ4v) is 5.59. The van der Waals surface area contributed by atoms with Crippen LogP contribution >= 0.6 is 0 Å². The average Bonchev–Trinajstić information content (AvgIpc) is 2.95. The highest BCUT2D eigenvalue weighted by atomic mass is 32.2. The van der Waals surface area contributed by atoms with E-state index in [9.17, 15) is 13.2 Å². The van der Waals surface area contributed by atoms with Crippen molar-refractivity contribution in [3.63, 3.8) is 0 Å². The fraction of sp³-hybridized carbons (Fsp3) is 0.321. The van der Waals surface area contributed by atoms with E-state index in [4.69, 9.17) is 14.2 Å². The van der Waals surface area contributed by atoms with Crippen LogP contribution in [-0.4, -0.2) is 61.4 Å². The number of morpholine rings is 1. The number of benzene rings is 3. The molecule has 1 aliphatic rings. The monoisotopic (exact) mass is 539 g/mol. The Labute approximate surface area is 224 Å². The number of hydrogen-bond donors (Lipinski definition) is 1. The summed E-state index contributed by atoms with van der Waals surface area (Å²) >= 11 is 0. The first-order valence-electron chi connectivity index (χ1n) is 12.3. The highest BCUT2D eigenvalue weighted by molar-refractivity contribution is 7.92. The molecule has 9 nitrogen and oxygen atoms in total. The molecule has 0 spiro atoms. The van der Waals surface area contributed by atoms with Crippen LogP contribution in [0, 0.1) is 6.92 Å². The van der Waals surface area contributed by atoms with Gasteiger partial charge in [0.25, 0.3) is 10.0 Å². The number of anilines is 2. The first-order chi connectivity index (χ1) is 18.3. The minimum Gasteiger partial charge on any atom is -0.497 e. The molecular formula is C28H33N3O6S. The van der Waals surface area contributed by atoms with Gasteiger partial charge in [-0.3, -0.25) is 9.10 Å². The van der Waals surface area contributed by atoms with Crippen LogP contribution < -0.4 is 24.0 Å². The van der Waals surface area contributed by atoms with E-state index in [1.54, 1.807) is 30.3 Å². The molecule has 202 valence electrons. The number of nitrogens with one attached hydrogen (secondary N) is 1. The maximum atomic E-state index is 13.7. The van der Waals surface area contributed by atoms with Crippen molar-refractivity contribution in [1.29, 1.82) is 0 Å². The van der Waals surface area contributed by atoms with Gasteiger partial charge in [-0.15, -0.1) is 0 Å². The molecule has 4 rings (SSSR count). The smallest absolute Gasteiger partial charge is 0.264 e. The summed E-state index contributed by atoms with van der Waals surface area (Å²) in [5.74, 6) is 0.279. The molecule has 0 atom stereocenters. The maximum Gasteiger partial charge on any atom is 0.264 e. The average molecular weight is 540 g/mol. The SMILES string of the molecule is COc1ccc(OC)c(N(CC(=O)NCc2ccc(N3CCOCC3)cc2)S(=O)(=O)c2ccc(C)cc2)c1. The second kappa shape index (κ2) is 12.2. The van der Waals surface area contributed by atoms with Gasteiger partial charge in [0, 0.05) is 31.4 Å². The molecule has 1 heterocycles. The van der Waals surface area contributed by atoms with Gasteiger partial charge in [0.15, 0.2) is 0 Å². The molecular weight excluding hydrogens is 506 g/mol. The number of carbonyl (C=O) groups is 1. The number of hydrogen-bond acceptors (Lipinski definition) is 7. The zero-order valence-corrected chi connectivity index (χ0v) is 22.7. The number of carbonyl (C=O) groups excluding carboxylic acids is 1. The minimum absolute atomic E-state index is 0.0690. The Morgan fingerprint density at radius 3 is 2.29 bits per heavy atom. The zero-order valence-electron chi connectivity index (χ0n) is 21.8. The molecule has 3 aromatic rings. The van der Waals surface area contributed by atoms with E-state index < -0.39 is 22.5 Å². The largest absolute Gasteiger partial charge is 0.497 e. The van der Waals surface area contributed by atoms with E-state index in [2.05, 4.69) is 10.2 Å². The third-order valence-corrected chi connectivity index (χ3v) is 8.13. The van der Waals surface area contributed by atoms with Crippen LogP contribution in [0.5, 0.6) is 11.5 Å². The molecule has 1 fully saturated rings. The van der Waals surface area contributed by atoms with Gasteiger partial charge in [-0.1, -0.05) is 29.8 Å². The molecule has 0 saturated carbocycles. The summed E-state index contributed by atoms with van der Waals surface area (Å²) in [6.07, 6.45) is 0. The van der Waals surface area contributed by atoms with Crippen LogP contribution in [0.25, 0.3) is 0 Å². The number of methoxy groups -OCH3 is 2. The summed E-state index contributed by atoms with van der Waals surface area (Å²) < 4.78 is 44.7. The lowest BCUT2D eigenvalue weighted by atomic mass is 10.2. The highest BCUT2D eigenvalue weighted by Crippen LogP contribution is 2.35. The zero-order chi connectivity index (χ0) is 27.1. The first-order valence-corrected chi connectivity index (χ1v) is 13.8. The van der Waals surface area contributed by atoms with Gasteiger partial charge in [0.05, 0.1) is 38.0 Å². The second-order valence-corrected chi connectivity index (χ2v) is 10.8. The summed E-state index contributed by atoms with van der Waals surface area (Å²) in [4.78, 5) is 15.4. The first kappa shape index (κ1) is 27.3. The molecule has 0 bridgehead atoms. The lowest BCUT2D eigenvalue weighted by molar-refractivity contribution is -0.119. The van der Waals surface area contributed by atoms with E-state index in [0.717, 1.165) is 34.2 Å². The van der Waals surface area contributed by atoms with Crippen molar-refractivity contribution in [3.8, 4) is 11.5 Å². The summed E-state index contributed by atoms with van der Waals surface area (Å²) in [7, 11) is -1.17. The fourth-order valence-electron chi connectivity index (χ4n) is 4.16. The lowest BCUT2D eigenvalue weighted by Crippen LogP contribution is -2.41. The third kappa shape index (κ3) is 6.38. The van der Waals surface area contributed by atoms with E-state index in [1.165, 1.54) is 26.4 Å². The summed E-state index contributed by atoms with van der Waals surface area (Å²) in [5.41, 5.74) is 3.13. The number of rotatable bonds is 10. The van der Waals surface area contributed by atoms with E-state index in [0.29, 0.717) is 24.7 Å². The number of amides is 1. The Kier molecular flexibility index (Phi) is 8.75. The van der Waals surface area contributed by atoms with E-state index in [1.807, 2.05) is 31.2 Å². The molecule has 10 heteroatoms. The lowest BCUT2D eigenvalue weighted by Gasteiger charge is -2.29. The topological polar surface area (TPSA) is 97.4 Å². The second-order valence-electron chi connectivity index (χ2n) is 8.91. The molecule has 3 aromatic carbocycles. The number of aryl methyl sites for hydroxylation is 1. The van der Waals surface area contributed by atoms with Gasteiger partial charge in [-0.25, -0.2) is 8.42 Å². The van der Waals surface area contributed by atoms with Crippen LogP contribution in [-0.2, 0) is 26.1 Å². The molecule has 0 unspecified atom stereocenters. The quantitative estimate of drug-likeness (QED) is 0.422. The molecule has 1 saturated heterocycles. The summed E-state index contributed by atoms with van der Waals surface area (Å²) in [6.45, 7) is 4.79. The van der Waals surface area contributed by atoms with E-state index in [-0.39, 0.29) is 17.1 Å². The van der Waals surface area contributed by atoms with Crippen LogP contribution in [0.3, 0.4) is 0 Å². The maximum absolute atomic E-state index is 13.7. The molecule has 1 aliphatic heterocycles. The van der Waals surface area contributed by atoms with Crippen molar-refractivity contribution in [1.82, 2.24) is 5.32 Å². The Morgan fingerprint density at radius 1 is 0.974 bits per heavy atom. The Bertz CT molecular complexity index is 1340. The Balaban J connectivity index is 1.54. The van der Waals surface area contributed by atoms with Crippen molar-refractivity contribution < 1.29 is 27.4 Å². The van der Waals surface area contributed by atoms with E-state index >= 15 is 0 Å². The number of sulfonamides is 1. The Morgan fingerprint density at radius 2 is 1.66 bits per heavy atom. The van der Waals surface area contributed by atoms with Crippen LogP contribution in [0.2, 0.25) is 0 Å². The van der Waals surface area contributed by atoms with Gasteiger partial charge in [-0.05, 0) is 48.9 Å². The summed E-state index contributed by atoms with van der Waals surface area (Å²) in [5, 5.41) is 2.85. The van der Waals surface area contributed by atoms with Crippen molar-refractivity contribution in [2.24, 2.45) is 0 Å². The predicted octanol–water partition coefficient (Wildman–Crippen LogP) is 3.36. The highest BCUT2D eigenvalue weighted by Gasteiger charge is 2.30. The van der Waals surface area contributed by atoms with Gasteiger partial charge < -0.3 is 24.4 Å². The number of nitrogens with zero attached hydrogens (tertiary/aromatic N) is 2. The third-order valence-electron chi connectivity index (χ3n) is 6.35. The molecule has 0 aromatic heterocycles. The van der Waals surface area contributed by atoms with Crippen molar-refractivity contribution in [2.75, 3.05) is 56.3 Å². The van der Waals surface area contributed by atoms with Gasteiger partial charge in [0.2, 0.25) is 5.91 Å². The van der Waals surface area contributed by atoms with Crippen molar-refractivity contribution in [2.45, 2.75) is 18.4 Å². The minimum atomic E-state index is -4.10. The van der Waals surface area contributed by atoms with Crippen LogP contribution in [0.4, 0.5) is 11.4 Å². The van der Waals surface area contributed by atoms with Gasteiger partial charge in [-0.2, -0.15) is 0 Å². The number of ether oxygens (including phenoxy) is 3. The normalized spacial score (nSPS) is 13.6. The van der Waals surface area contributed by atoms with Gasteiger partial charge in [0.1, 0.15) is 18.0 Å². The molecule has 1 N–H and O–H groups in total. The molecule has 0 aliphatic carbocycles. The molecule has 1 amide bonds. The standard InChI is InChI=1S/C28H33N3O6S/c1-21-4-11-25(12-5-21)38(33,34)31(26-18-24(35-2)10-13-27(26)36-3)20-28(32)29-19-22-6-8-23(9-7-22)30-14-16-37-17-15-30/h4-13,18H,14-17,19-20H2,1-3H3,(H,29,32). The van der Waals surface area contributed by atoms with Gasteiger partial charge >= 0.3 is 0 Å². The predicted molar refractivity (Wildman–Crippen MR) is 147 cm³/mol.